The quantitative estimate of drug-likeness (QED) is 0.796. The van der Waals surface area contributed by atoms with Crippen LogP contribution in [-0.2, 0) is 17.7 Å². The lowest BCUT2D eigenvalue weighted by Crippen LogP contribution is -2.26. The molecule has 1 aliphatic heterocycles. The maximum atomic E-state index is 14.3. The summed E-state index contributed by atoms with van der Waals surface area (Å²) in [7, 11) is 0. The average Bonchev–Trinajstić information content (AvgIpc) is 2.84. The monoisotopic (exact) mass is 353 g/mol. The lowest BCUT2D eigenvalue weighted by molar-refractivity contribution is 0.0378. The summed E-state index contributed by atoms with van der Waals surface area (Å²) in [6, 6.07) is 2.21. The molecule has 2 heterocycles. The van der Waals surface area contributed by atoms with E-state index < -0.39 is 17.5 Å². The van der Waals surface area contributed by atoms with Gasteiger partial charge in [-0.15, -0.1) is 5.10 Å². The standard InChI is InChI=1S/C16H17ClFN3O3/c1-9(2)24-15(22)10-7-13(12(18)8-11(10)17)21-16(23)20-6-4-3-5-14(20)19-21/h7-9H,3-6H2,1-2H3. The SMILES string of the molecule is CC(C)OC(=O)c1cc(-n2nc3n(c2=O)CCCC3)c(F)cc1Cl. The number of aryl methyl sites for hydroxylation is 1. The van der Waals surface area contributed by atoms with Crippen LogP contribution in [0.5, 0.6) is 0 Å². The van der Waals surface area contributed by atoms with E-state index >= 15 is 0 Å². The number of carbonyl (C=O) groups is 1. The number of fused-ring (bicyclic) bond motifs is 1. The lowest BCUT2D eigenvalue weighted by Gasteiger charge is -2.11. The van der Waals surface area contributed by atoms with Crippen LogP contribution in [-0.4, -0.2) is 26.4 Å². The van der Waals surface area contributed by atoms with E-state index in [0.29, 0.717) is 18.8 Å². The Bertz CT molecular complexity index is 857. The Morgan fingerprint density at radius 2 is 2.12 bits per heavy atom. The number of aromatic nitrogens is 3. The zero-order chi connectivity index (χ0) is 17.4. The van der Waals surface area contributed by atoms with Crippen LogP contribution in [0, 0.1) is 5.82 Å². The second-order valence-electron chi connectivity index (χ2n) is 5.96. The summed E-state index contributed by atoms with van der Waals surface area (Å²) in [6.45, 7) is 3.96. The molecule has 6 nitrogen and oxygen atoms in total. The van der Waals surface area contributed by atoms with Crippen molar-refractivity contribution < 1.29 is 13.9 Å². The summed E-state index contributed by atoms with van der Waals surface area (Å²) in [5, 5.41) is 4.13. The van der Waals surface area contributed by atoms with Gasteiger partial charge in [0.1, 0.15) is 11.5 Å². The molecule has 1 aromatic heterocycles. The molecule has 0 bridgehead atoms. The van der Waals surface area contributed by atoms with E-state index in [1.165, 1.54) is 10.6 Å². The van der Waals surface area contributed by atoms with Crippen LogP contribution >= 0.6 is 11.6 Å². The van der Waals surface area contributed by atoms with Gasteiger partial charge in [-0.25, -0.2) is 14.0 Å². The van der Waals surface area contributed by atoms with Crippen molar-refractivity contribution in [1.29, 1.82) is 0 Å². The molecule has 0 saturated carbocycles. The Labute approximate surface area is 142 Å². The van der Waals surface area contributed by atoms with Crippen LogP contribution in [0.25, 0.3) is 5.69 Å². The zero-order valence-corrected chi connectivity index (χ0v) is 14.1. The second kappa shape index (κ2) is 6.39. The first-order chi connectivity index (χ1) is 11.4. The van der Waals surface area contributed by atoms with Gasteiger partial charge in [-0.05, 0) is 38.8 Å². The van der Waals surface area contributed by atoms with Gasteiger partial charge >= 0.3 is 11.7 Å². The molecular formula is C16H17ClFN3O3. The van der Waals surface area contributed by atoms with Crippen molar-refractivity contribution in [3.8, 4) is 5.69 Å². The van der Waals surface area contributed by atoms with Crippen molar-refractivity contribution >= 4 is 17.6 Å². The highest BCUT2D eigenvalue weighted by atomic mass is 35.5. The predicted molar refractivity (Wildman–Crippen MR) is 86.3 cm³/mol. The number of hydrogen-bond donors (Lipinski definition) is 0. The van der Waals surface area contributed by atoms with E-state index in [1.54, 1.807) is 13.8 Å². The van der Waals surface area contributed by atoms with E-state index in [-0.39, 0.29) is 22.4 Å². The predicted octanol–water partition coefficient (Wildman–Crippen LogP) is 2.73. The number of nitrogens with zero attached hydrogens (tertiary/aromatic N) is 3. The van der Waals surface area contributed by atoms with Crippen molar-refractivity contribution in [2.24, 2.45) is 0 Å². The Balaban J connectivity index is 2.10. The molecule has 0 fully saturated rings. The van der Waals surface area contributed by atoms with Gasteiger partial charge < -0.3 is 4.74 Å². The van der Waals surface area contributed by atoms with Crippen LogP contribution < -0.4 is 5.69 Å². The molecule has 0 spiro atoms. The fraction of sp³-hybridized carbons (Fsp3) is 0.438. The third kappa shape index (κ3) is 2.96. The van der Waals surface area contributed by atoms with Gasteiger partial charge in [0.05, 0.1) is 16.7 Å². The van der Waals surface area contributed by atoms with E-state index in [1.807, 2.05) is 0 Å². The second-order valence-corrected chi connectivity index (χ2v) is 6.36. The van der Waals surface area contributed by atoms with Gasteiger partial charge in [0.15, 0.2) is 5.82 Å². The maximum absolute atomic E-state index is 14.3. The van der Waals surface area contributed by atoms with Crippen molar-refractivity contribution in [1.82, 2.24) is 14.3 Å². The molecule has 0 aliphatic carbocycles. The highest BCUT2D eigenvalue weighted by Gasteiger charge is 2.23. The third-order valence-electron chi connectivity index (χ3n) is 3.80. The fourth-order valence-corrected chi connectivity index (χ4v) is 2.92. The molecule has 128 valence electrons. The fourth-order valence-electron chi connectivity index (χ4n) is 2.69. The minimum absolute atomic E-state index is 0.000335. The smallest absolute Gasteiger partial charge is 0.350 e. The van der Waals surface area contributed by atoms with Crippen LogP contribution in [0.1, 0.15) is 42.9 Å². The number of benzene rings is 1. The summed E-state index contributed by atoms with van der Waals surface area (Å²) in [5.74, 6) is -0.779. The zero-order valence-electron chi connectivity index (χ0n) is 13.4. The summed E-state index contributed by atoms with van der Waals surface area (Å²) < 4.78 is 22.0. The number of halogens is 2. The van der Waals surface area contributed by atoms with Crippen LogP contribution in [0.3, 0.4) is 0 Å². The molecule has 0 atom stereocenters. The lowest BCUT2D eigenvalue weighted by atomic mass is 10.2. The van der Waals surface area contributed by atoms with Gasteiger partial charge in [-0.3, -0.25) is 4.57 Å². The van der Waals surface area contributed by atoms with E-state index in [0.717, 1.165) is 23.6 Å². The van der Waals surface area contributed by atoms with E-state index in [9.17, 15) is 14.0 Å². The number of rotatable bonds is 3. The molecule has 8 heteroatoms. The molecule has 3 rings (SSSR count). The normalized spacial score (nSPS) is 13.9. The van der Waals surface area contributed by atoms with Crippen LogP contribution in [0.4, 0.5) is 4.39 Å². The van der Waals surface area contributed by atoms with Gasteiger partial charge in [0.2, 0.25) is 0 Å². The summed E-state index contributed by atoms with van der Waals surface area (Å²) in [5.41, 5.74) is -0.532. The van der Waals surface area contributed by atoms with Crippen molar-refractivity contribution in [2.45, 2.75) is 45.8 Å². The van der Waals surface area contributed by atoms with Gasteiger partial charge in [-0.1, -0.05) is 11.6 Å². The molecule has 0 unspecified atom stereocenters. The maximum Gasteiger partial charge on any atom is 0.350 e. The number of ether oxygens (including phenoxy) is 1. The molecule has 0 N–H and O–H groups in total. The average molecular weight is 354 g/mol. The summed E-state index contributed by atoms with van der Waals surface area (Å²) in [4.78, 5) is 24.6. The van der Waals surface area contributed by atoms with Crippen molar-refractivity contribution in [3.63, 3.8) is 0 Å². The number of hydrogen-bond acceptors (Lipinski definition) is 4. The molecule has 24 heavy (non-hydrogen) atoms. The minimum atomic E-state index is -0.723. The number of esters is 1. The largest absolute Gasteiger partial charge is 0.459 e. The molecular weight excluding hydrogens is 337 g/mol. The molecule has 0 radical (unpaired) electrons. The van der Waals surface area contributed by atoms with Gasteiger partial charge in [-0.2, -0.15) is 4.68 Å². The highest BCUT2D eigenvalue weighted by molar-refractivity contribution is 6.33. The highest BCUT2D eigenvalue weighted by Crippen LogP contribution is 2.24. The van der Waals surface area contributed by atoms with E-state index in [4.69, 9.17) is 16.3 Å². The van der Waals surface area contributed by atoms with Crippen molar-refractivity contribution in [3.05, 3.63) is 44.8 Å². The van der Waals surface area contributed by atoms with Gasteiger partial charge in [0, 0.05) is 13.0 Å². The first kappa shape index (κ1) is 16.7. The third-order valence-corrected chi connectivity index (χ3v) is 4.11. The van der Waals surface area contributed by atoms with E-state index in [2.05, 4.69) is 5.10 Å². The Kier molecular flexibility index (Phi) is 4.45. The minimum Gasteiger partial charge on any atom is -0.459 e. The Morgan fingerprint density at radius 3 is 2.79 bits per heavy atom. The van der Waals surface area contributed by atoms with Gasteiger partial charge in [0.25, 0.3) is 0 Å². The molecule has 0 amide bonds. The number of carbonyl (C=O) groups excluding carboxylic acids is 1. The first-order valence-corrected chi connectivity index (χ1v) is 8.15. The summed E-state index contributed by atoms with van der Waals surface area (Å²) in [6.07, 6.45) is 2.14. The topological polar surface area (TPSA) is 66.1 Å². The van der Waals surface area contributed by atoms with Crippen LogP contribution in [0.2, 0.25) is 5.02 Å². The van der Waals surface area contributed by atoms with Crippen molar-refractivity contribution in [2.75, 3.05) is 0 Å². The Morgan fingerprint density at radius 1 is 1.38 bits per heavy atom. The molecule has 1 aromatic carbocycles. The Hall–Kier alpha value is -2.15. The molecule has 2 aromatic rings. The summed E-state index contributed by atoms with van der Waals surface area (Å²) >= 11 is 5.95. The van der Waals surface area contributed by atoms with Crippen LogP contribution in [0.15, 0.2) is 16.9 Å². The first-order valence-electron chi connectivity index (χ1n) is 7.77. The molecule has 0 saturated heterocycles. The molecule has 1 aliphatic rings.